The fourth-order valence-corrected chi connectivity index (χ4v) is 6.97. The number of ether oxygens (including phenoxy) is 1. The van der Waals surface area contributed by atoms with E-state index < -0.39 is 38.8 Å². The number of benzene rings is 3. The van der Waals surface area contributed by atoms with Crippen molar-refractivity contribution in [1.29, 1.82) is 0 Å². The molecule has 1 N–H and O–H groups in total. The smallest absolute Gasteiger partial charge is 0.318 e. The summed E-state index contributed by atoms with van der Waals surface area (Å²) in [4.78, 5) is 34.9. The van der Waals surface area contributed by atoms with Gasteiger partial charge in [0, 0.05) is 38.2 Å². The van der Waals surface area contributed by atoms with Crippen LogP contribution in [0.5, 0.6) is 0 Å². The highest BCUT2D eigenvalue weighted by Crippen LogP contribution is 2.48. The number of cyclic esters (lactones) is 1. The van der Waals surface area contributed by atoms with Gasteiger partial charge in [0.1, 0.15) is 5.92 Å². The van der Waals surface area contributed by atoms with Gasteiger partial charge in [-0.15, -0.1) is 0 Å². The average Bonchev–Trinajstić information content (AvgIpc) is 3.58. The predicted octanol–water partition coefficient (Wildman–Crippen LogP) is 5.33. The van der Waals surface area contributed by atoms with E-state index in [0.717, 1.165) is 15.4 Å². The van der Waals surface area contributed by atoms with Crippen LogP contribution >= 0.6 is 0 Å². The number of hydrogen-bond donors (Lipinski definition) is 1. The molecule has 2 atom stereocenters. The third-order valence-electron chi connectivity index (χ3n) is 7.88. The lowest BCUT2D eigenvalue weighted by Crippen LogP contribution is -2.44. The maximum Gasteiger partial charge on any atom is 0.318 e. The van der Waals surface area contributed by atoms with Crippen molar-refractivity contribution in [3.8, 4) is 0 Å². The summed E-state index contributed by atoms with van der Waals surface area (Å²) in [6.07, 6.45) is 3.33. The molecular weight excluding hydrogens is 550 g/mol. The number of esters is 1. The van der Waals surface area contributed by atoms with Crippen molar-refractivity contribution < 1.29 is 22.7 Å². The first kappa shape index (κ1) is 29.3. The molecule has 0 spiro atoms. The molecule has 1 aliphatic rings. The van der Waals surface area contributed by atoms with Crippen LogP contribution in [0.3, 0.4) is 0 Å². The van der Waals surface area contributed by atoms with Gasteiger partial charge in [-0.1, -0.05) is 93.6 Å². The zero-order valence-corrected chi connectivity index (χ0v) is 25.0. The van der Waals surface area contributed by atoms with Gasteiger partial charge < -0.3 is 9.72 Å². The van der Waals surface area contributed by atoms with Crippen molar-refractivity contribution in [1.82, 2.24) is 9.97 Å². The quantitative estimate of drug-likeness (QED) is 0.210. The standard InChI is InChI=1S/C33H35N3O5S/c1-32(2,3)28(25-16-11-17-26(20-25)36(4)42(39,40)31-34-18-19-35-31)27-29(37)33(41-30(27)38,21-23-12-7-5-8-13-23)22-24-14-9-6-10-15-24/h5-20,27-28H,21-22H2,1-4H3,(H,34,35). The molecule has 0 radical (unpaired) electrons. The zero-order chi connectivity index (χ0) is 30.1. The Hall–Kier alpha value is -4.24. The van der Waals surface area contributed by atoms with Gasteiger partial charge >= 0.3 is 5.97 Å². The third-order valence-corrected chi connectivity index (χ3v) is 9.53. The van der Waals surface area contributed by atoms with E-state index in [9.17, 15) is 18.0 Å². The minimum atomic E-state index is -3.95. The van der Waals surface area contributed by atoms with E-state index in [1.54, 1.807) is 18.2 Å². The number of nitrogens with zero attached hydrogens (tertiary/aromatic N) is 2. The Morgan fingerprint density at radius 2 is 1.52 bits per heavy atom. The number of aromatic nitrogens is 2. The molecule has 1 aliphatic heterocycles. The largest absolute Gasteiger partial charge is 0.450 e. The van der Waals surface area contributed by atoms with Gasteiger partial charge in [0.15, 0.2) is 11.4 Å². The minimum Gasteiger partial charge on any atom is -0.450 e. The van der Waals surface area contributed by atoms with Gasteiger partial charge in [-0.2, -0.15) is 8.42 Å². The molecule has 9 heteroatoms. The monoisotopic (exact) mass is 585 g/mol. The molecule has 2 unspecified atom stereocenters. The van der Waals surface area contributed by atoms with Crippen molar-refractivity contribution in [3.05, 3.63) is 114 Å². The van der Waals surface area contributed by atoms with Crippen LogP contribution in [-0.4, -0.2) is 42.8 Å². The number of carbonyl (C=O) groups is 2. The van der Waals surface area contributed by atoms with Crippen molar-refractivity contribution in [3.63, 3.8) is 0 Å². The maximum atomic E-state index is 14.6. The highest BCUT2D eigenvalue weighted by atomic mass is 32.2. The van der Waals surface area contributed by atoms with E-state index in [1.807, 2.05) is 87.5 Å². The number of carbonyl (C=O) groups excluding carboxylic acids is 2. The van der Waals surface area contributed by atoms with E-state index in [-0.39, 0.29) is 23.8 Å². The Morgan fingerprint density at radius 3 is 2.05 bits per heavy atom. The van der Waals surface area contributed by atoms with Gasteiger partial charge in [-0.3, -0.25) is 13.9 Å². The molecular formula is C33H35N3O5S. The Morgan fingerprint density at radius 1 is 0.929 bits per heavy atom. The first-order chi connectivity index (χ1) is 19.9. The highest BCUT2D eigenvalue weighted by molar-refractivity contribution is 7.92. The second-order valence-electron chi connectivity index (χ2n) is 11.9. The Balaban J connectivity index is 1.56. The van der Waals surface area contributed by atoms with Crippen LogP contribution < -0.4 is 4.31 Å². The van der Waals surface area contributed by atoms with Crippen LogP contribution in [0, 0.1) is 11.3 Å². The van der Waals surface area contributed by atoms with E-state index in [2.05, 4.69) is 9.97 Å². The number of nitrogens with one attached hydrogen (secondary N) is 1. The van der Waals surface area contributed by atoms with Crippen LogP contribution in [0.2, 0.25) is 0 Å². The van der Waals surface area contributed by atoms with E-state index in [1.165, 1.54) is 19.4 Å². The molecule has 3 aromatic carbocycles. The number of Topliss-reactive ketones (excluding diaryl/α,β-unsaturated/α-hetero) is 1. The summed E-state index contributed by atoms with van der Waals surface area (Å²) >= 11 is 0. The fourth-order valence-electron chi connectivity index (χ4n) is 5.91. The number of anilines is 1. The van der Waals surface area contributed by atoms with Crippen LogP contribution in [-0.2, 0) is 37.2 Å². The lowest BCUT2D eigenvalue weighted by Gasteiger charge is -2.34. The second kappa shape index (κ2) is 11.2. The molecule has 0 bridgehead atoms. The number of ketones is 1. The van der Waals surface area contributed by atoms with Gasteiger partial charge in [-0.25, -0.2) is 4.98 Å². The zero-order valence-electron chi connectivity index (χ0n) is 24.2. The summed E-state index contributed by atoms with van der Waals surface area (Å²) < 4.78 is 33.6. The molecule has 5 rings (SSSR count). The number of H-pyrrole nitrogens is 1. The molecule has 8 nitrogen and oxygen atoms in total. The average molecular weight is 586 g/mol. The molecule has 0 aliphatic carbocycles. The molecule has 1 saturated heterocycles. The van der Waals surface area contributed by atoms with Gasteiger partial charge in [0.05, 0.1) is 5.69 Å². The van der Waals surface area contributed by atoms with Gasteiger partial charge in [-0.05, 0) is 34.2 Å². The summed E-state index contributed by atoms with van der Waals surface area (Å²) in [5, 5.41) is -0.177. The van der Waals surface area contributed by atoms with E-state index >= 15 is 0 Å². The summed E-state index contributed by atoms with van der Waals surface area (Å²) in [5.74, 6) is -2.47. The number of imidazole rings is 1. The van der Waals surface area contributed by atoms with Crippen molar-refractivity contribution in [2.45, 2.75) is 50.3 Å². The minimum absolute atomic E-state index is 0.177. The lowest BCUT2D eigenvalue weighted by molar-refractivity contribution is -0.153. The molecule has 0 saturated carbocycles. The van der Waals surface area contributed by atoms with Crippen LogP contribution in [0.1, 0.15) is 43.4 Å². The van der Waals surface area contributed by atoms with Gasteiger partial charge in [0.2, 0.25) is 5.16 Å². The Labute approximate surface area is 246 Å². The molecule has 1 aromatic heterocycles. The molecule has 4 aromatic rings. The maximum absolute atomic E-state index is 14.6. The van der Waals surface area contributed by atoms with Crippen molar-refractivity contribution in [2.24, 2.45) is 11.3 Å². The van der Waals surface area contributed by atoms with E-state index in [4.69, 9.17) is 4.74 Å². The summed E-state index contributed by atoms with van der Waals surface area (Å²) in [5.41, 5.74) is 0.934. The molecule has 218 valence electrons. The SMILES string of the molecule is CN(c1cccc(C(C2C(=O)OC(Cc3ccccc3)(Cc3ccccc3)C2=O)C(C)(C)C)c1)S(=O)(=O)c1ncc[nH]1. The summed E-state index contributed by atoms with van der Waals surface area (Å²) in [6, 6.07) is 26.1. The molecule has 42 heavy (non-hydrogen) atoms. The Kier molecular flexibility index (Phi) is 7.81. The lowest BCUT2D eigenvalue weighted by atomic mass is 9.66. The third kappa shape index (κ3) is 5.61. The highest BCUT2D eigenvalue weighted by Gasteiger charge is 2.59. The molecule has 1 fully saturated rings. The molecule has 0 amide bonds. The van der Waals surface area contributed by atoms with Gasteiger partial charge in [0.25, 0.3) is 10.0 Å². The number of hydrogen-bond acceptors (Lipinski definition) is 6. The summed E-state index contributed by atoms with van der Waals surface area (Å²) in [6.45, 7) is 5.92. The first-order valence-electron chi connectivity index (χ1n) is 13.9. The number of sulfonamides is 1. The Bertz CT molecular complexity index is 1620. The van der Waals surface area contributed by atoms with E-state index in [0.29, 0.717) is 11.3 Å². The molecule has 2 heterocycles. The first-order valence-corrected chi connectivity index (χ1v) is 15.3. The van der Waals surface area contributed by atoms with Crippen molar-refractivity contribution >= 4 is 27.5 Å². The predicted molar refractivity (Wildman–Crippen MR) is 160 cm³/mol. The second-order valence-corrected chi connectivity index (χ2v) is 13.8. The number of aromatic amines is 1. The number of rotatable bonds is 9. The topological polar surface area (TPSA) is 109 Å². The van der Waals surface area contributed by atoms with Crippen LogP contribution in [0.25, 0.3) is 0 Å². The van der Waals surface area contributed by atoms with Crippen molar-refractivity contribution in [2.75, 3.05) is 11.4 Å². The fraction of sp³-hybridized carbons (Fsp3) is 0.303. The summed E-state index contributed by atoms with van der Waals surface area (Å²) in [7, 11) is -2.50. The normalized spacial score (nSPS) is 17.6. The van der Waals surface area contributed by atoms with Crippen LogP contribution in [0.4, 0.5) is 5.69 Å². The van der Waals surface area contributed by atoms with Crippen LogP contribution in [0.15, 0.2) is 102 Å².